The summed E-state index contributed by atoms with van der Waals surface area (Å²) in [4.78, 5) is 25.9. The monoisotopic (exact) mass is 465 g/mol. The van der Waals surface area contributed by atoms with Crippen LogP contribution in [0.5, 0.6) is 5.88 Å². The molecule has 176 valence electrons. The molecule has 4 rings (SSSR count). The summed E-state index contributed by atoms with van der Waals surface area (Å²) in [7, 11) is 0. The Bertz CT molecular complexity index is 1190. The summed E-state index contributed by atoms with van der Waals surface area (Å²) in [6, 6.07) is 4.57. The molecule has 1 amide bonds. The third kappa shape index (κ3) is 5.23. The molecule has 1 aliphatic rings. The zero-order valence-corrected chi connectivity index (χ0v) is 18.8. The van der Waals surface area contributed by atoms with E-state index in [0.717, 1.165) is 0 Å². The number of ether oxygens (including phenoxy) is 2. The van der Waals surface area contributed by atoms with E-state index in [9.17, 15) is 9.18 Å². The fraction of sp³-hybridized carbons (Fsp3) is 0.348. The summed E-state index contributed by atoms with van der Waals surface area (Å²) in [5.74, 6) is 2.49. The molecule has 0 radical (unpaired) electrons. The van der Waals surface area contributed by atoms with Gasteiger partial charge >= 0.3 is 6.09 Å². The Labute approximate surface area is 196 Å². The van der Waals surface area contributed by atoms with Crippen LogP contribution in [-0.2, 0) is 4.74 Å². The van der Waals surface area contributed by atoms with E-state index >= 15 is 0 Å². The van der Waals surface area contributed by atoms with E-state index in [-0.39, 0.29) is 41.2 Å². The summed E-state index contributed by atoms with van der Waals surface area (Å²) in [5.41, 5.74) is 0.985. The average Bonchev–Trinajstić information content (AvgIpc) is 3.36. The van der Waals surface area contributed by atoms with Gasteiger partial charge in [0.1, 0.15) is 36.5 Å². The number of anilines is 2. The number of carbonyl (C=O) groups excluding carboxylic acids is 1. The molecule has 0 bridgehead atoms. The molecule has 2 aromatic heterocycles. The molecule has 1 fully saturated rings. The lowest BCUT2D eigenvalue weighted by molar-refractivity contribution is 0.0506. The Balaban J connectivity index is 1.44. The highest BCUT2D eigenvalue weighted by Gasteiger charge is 2.26. The summed E-state index contributed by atoms with van der Waals surface area (Å²) in [5, 5.41) is 6.91. The number of terminal acetylenes is 1. The zero-order valence-electron chi connectivity index (χ0n) is 18.8. The Hall–Kier alpha value is -4.20. The van der Waals surface area contributed by atoms with Gasteiger partial charge < -0.3 is 19.7 Å². The molecule has 3 aromatic rings. The van der Waals surface area contributed by atoms with Gasteiger partial charge in [-0.1, -0.05) is 5.92 Å². The maximum Gasteiger partial charge on any atom is 0.410 e. The van der Waals surface area contributed by atoms with E-state index in [1.165, 1.54) is 29.7 Å². The lowest BCUT2D eigenvalue weighted by atomic mass is 10.1. The number of nitrogens with zero attached hydrogens (tertiary/aromatic N) is 6. The van der Waals surface area contributed by atoms with Crippen LogP contribution in [0.3, 0.4) is 0 Å². The second-order valence-electron chi connectivity index (χ2n) is 7.91. The van der Waals surface area contributed by atoms with Gasteiger partial charge in [0, 0.05) is 32.0 Å². The van der Waals surface area contributed by atoms with Crippen LogP contribution in [0.15, 0.2) is 37.2 Å². The van der Waals surface area contributed by atoms with Gasteiger partial charge in [-0.25, -0.2) is 28.8 Å². The van der Waals surface area contributed by atoms with E-state index in [2.05, 4.69) is 31.3 Å². The van der Waals surface area contributed by atoms with Crippen LogP contribution in [0.1, 0.15) is 32.3 Å². The molecule has 10 nitrogen and oxygen atoms in total. The average molecular weight is 465 g/mol. The first kappa shape index (κ1) is 23.0. The molecule has 34 heavy (non-hydrogen) atoms. The van der Waals surface area contributed by atoms with E-state index < -0.39 is 5.82 Å². The first-order valence-corrected chi connectivity index (χ1v) is 10.8. The van der Waals surface area contributed by atoms with Gasteiger partial charge in [-0.2, -0.15) is 5.10 Å². The molecule has 0 saturated carbocycles. The first-order valence-electron chi connectivity index (χ1n) is 10.8. The minimum absolute atomic E-state index is 0.171. The van der Waals surface area contributed by atoms with Gasteiger partial charge in [-0.15, -0.1) is 6.42 Å². The van der Waals surface area contributed by atoms with Crippen molar-refractivity contribution in [1.82, 2.24) is 29.6 Å². The Morgan fingerprint density at radius 2 is 2.06 bits per heavy atom. The van der Waals surface area contributed by atoms with Crippen LogP contribution in [0.2, 0.25) is 0 Å². The van der Waals surface area contributed by atoms with Crippen molar-refractivity contribution in [1.29, 1.82) is 0 Å². The molecule has 11 heteroatoms. The molecule has 1 aliphatic heterocycles. The van der Waals surface area contributed by atoms with Gasteiger partial charge in [0.15, 0.2) is 5.82 Å². The zero-order chi connectivity index (χ0) is 24.1. The topological polar surface area (TPSA) is 107 Å². The predicted octanol–water partition coefficient (Wildman–Crippen LogP) is 3.31. The van der Waals surface area contributed by atoms with E-state index in [1.807, 2.05) is 13.8 Å². The normalized spacial score (nSPS) is 14.0. The van der Waals surface area contributed by atoms with Gasteiger partial charge in [0.05, 0.1) is 17.5 Å². The second kappa shape index (κ2) is 10.2. The SMILES string of the molecule is C#Cc1c(Nc2ccc(-n3cncn3)cc2F)ncnc1OC1CCN(C(=O)OC(C)C)CC1. The minimum atomic E-state index is -0.516. The van der Waals surface area contributed by atoms with Crippen molar-refractivity contribution in [3.63, 3.8) is 0 Å². The lowest BCUT2D eigenvalue weighted by Gasteiger charge is -2.31. The molecule has 1 saturated heterocycles. The number of hydrogen-bond donors (Lipinski definition) is 1. The number of halogens is 1. The van der Waals surface area contributed by atoms with Crippen LogP contribution >= 0.6 is 0 Å². The van der Waals surface area contributed by atoms with Crippen LogP contribution < -0.4 is 10.1 Å². The van der Waals surface area contributed by atoms with Crippen molar-refractivity contribution in [2.75, 3.05) is 18.4 Å². The van der Waals surface area contributed by atoms with Gasteiger partial charge in [-0.05, 0) is 26.0 Å². The summed E-state index contributed by atoms with van der Waals surface area (Å²) >= 11 is 0. The maximum absolute atomic E-state index is 14.7. The van der Waals surface area contributed by atoms with Crippen molar-refractivity contribution < 1.29 is 18.7 Å². The van der Waals surface area contributed by atoms with Crippen molar-refractivity contribution in [2.45, 2.75) is 38.9 Å². The van der Waals surface area contributed by atoms with E-state index in [1.54, 1.807) is 17.0 Å². The molecule has 3 heterocycles. The molecular weight excluding hydrogens is 441 g/mol. The molecule has 0 atom stereocenters. The minimum Gasteiger partial charge on any atom is -0.473 e. The molecular formula is C23H24FN7O3. The largest absolute Gasteiger partial charge is 0.473 e. The van der Waals surface area contributed by atoms with Crippen LogP contribution in [-0.4, -0.2) is 61.0 Å². The van der Waals surface area contributed by atoms with Crippen LogP contribution in [0, 0.1) is 18.2 Å². The van der Waals surface area contributed by atoms with Gasteiger partial charge in [-0.3, -0.25) is 0 Å². The van der Waals surface area contributed by atoms with Crippen LogP contribution in [0.25, 0.3) is 5.69 Å². The number of carbonyl (C=O) groups is 1. The standard InChI is InChI=1S/C23H24FN7O3/c1-4-18-21(29-20-6-5-16(11-19(20)24)31-14-25-12-28-31)26-13-27-22(18)34-17-7-9-30(10-8-17)23(32)33-15(2)3/h1,5-6,11-15,17H,7-10H2,2-3H3,(H,26,27,29). The number of likely N-dealkylation sites (tertiary alicyclic amines) is 1. The van der Waals surface area contributed by atoms with Gasteiger partial charge in [0.2, 0.25) is 5.88 Å². The number of piperidine rings is 1. The lowest BCUT2D eigenvalue weighted by Crippen LogP contribution is -2.42. The third-order valence-corrected chi connectivity index (χ3v) is 5.16. The van der Waals surface area contributed by atoms with Crippen molar-refractivity contribution in [3.8, 4) is 23.9 Å². The Morgan fingerprint density at radius 1 is 1.26 bits per heavy atom. The number of benzene rings is 1. The molecule has 1 aromatic carbocycles. The van der Waals surface area contributed by atoms with E-state index in [4.69, 9.17) is 15.9 Å². The number of rotatable bonds is 6. The summed E-state index contributed by atoms with van der Waals surface area (Å²) in [6.07, 6.45) is 10.4. The molecule has 1 N–H and O–H groups in total. The molecule has 0 aliphatic carbocycles. The highest BCUT2D eigenvalue weighted by atomic mass is 19.1. The summed E-state index contributed by atoms with van der Waals surface area (Å²) < 4.78 is 27.5. The van der Waals surface area contributed by atoms with Crippen molar-refractivity contribution in [2.24, 2.45) is 0 Å². The first-order chi connectivity index (χ1) is 16.4. The number of aromatic nitrogens is 5. The number of amides is 1. The highest BCUT2D eigenvalue weighted by Crippen LogP contribution is 2.28. The Kier molecular flexibility index (Phi) is 6.87. The van der Waals surface area contributed by atoms with Crippen LogP contribution in [0.4, 0.5) is 20.7 Å². The Morgan fingerprint density at radius 3 is 2.71 bits per heavy atom. The predicted molar refractivity (Wildman–Crippen MR) is 121 cm³/mol. The number of hydrogen-bond acceptors (Lipinski definition) is 8. The smallest absolute Gasteiger partial charge is 0.410 e. The fourth-order valence-electron chi connectivity index (χ4n) is 3.49. The maximum atomic E-state index is 14.7. The van der Waals surface area contributed by atoms with E-state index in [0.29, 0.717) is 31.6 Å². The third-order valence-electron chi connectivity index (χ3n) is 5.16. The fourth-order valence-corrected chi connectivity index (χ4v) is 3.49. The van der Waals surface area contributed by atoms with Crippen molar-refractivity contribution in [3.05, 3.63) is 48.6 Å². The molecule has 0 spiro atoms. The highest BCUT2D eigenvalue weighted by molar-refractivity contribution is 5.68. The molecule has 0 unspecified atom stereocenters. The quantitative estimate of drug-likeness (QED) is 0.553. The number of nitrogens with one attached hydrogen (secondary N) is 1. The van der Waals surface area contributed by atoms with Crippen molar-refractivity contribution >= 4 is 17.6 Å². The summed E-state index contributed by atoms with van der Waals surface area (Å²) in [6.45, 7) is 4.63. The second-order valence-corrected chi connectivity index (χ2v) is 7.91. The van der Waals surface area contributed by atoms with Gasteiger partial charge in [0.25, 0.3) is 0 Å².